The standard InChI is InChI=1S/C9H6BrF4N3S/c10-4-1-5-6(15-2-4)17(8(18)16-5)3-9(13,14)7(11)12/h1-2,7H,3H2,(H,16,18). The quantitative estimate of drug-likeness (QED) is 0.680. The van der Waals surface area contributed by atoms with Crippen LogP contribution in [0.1, 0.15) is 0 Å². The van der Waals surface area contributed by atoms with Gasteiger partial charge in [0.05, 0.1) is 12.1 Å². The lowest BCUT2D eigenvalue weighted by molar-refractivity contribution is -0.137. The monoisotopic (exact) mass is 343 g/mol. The average Bonchev–Trinajstić information content (AvgIpc) is 2.54. The maximum absolute atomic E-state index is 13.0. The number of aromatic amines is 1. The molecule has 0 aliphatic heterocycles. The maximum Gasteiger partial charge on any atom is 0.325 e. The van der Waals surface area contributed by atoms with E-state index in [9.17, 15) is 17.6 Å². The minimum absolute atomic E-state index is 0.0732. The first-order chi connectivity index (χ1) is 8.31. The van der Waals surface area contributed by atoms with Gasteiger partial charge in [0.1, 0.15) is 0 Å². The summed E-state index contributed by atoms with van der Waals surface area (Å²) in [6, 6.07) is 1.58. The van der Waals surface area contributed by atoms with E-state index in [0.29, 0.717) is 9.99 Å². The molecule has 0 radical (unpaired) electrons. The number of H-pyrrole nitrogens is 1. The molecule has 1 N–H and O–H groups in total. The van der Waals surface area contributed by atoms with Crippen LogP contribution >= 0.6 is 28.1 Å². The fraction of sp³-hybridized carbons (Fsp3) is 0.333. The van der Waals surface area contributed by atoms with Crippen LogP contribution in [0.3, 0.4) is 0 Å². The van der Waals surface area contributed by atoms with E-state index >= 15 is 0 Å². The lowest BCUT2D eigenvalue weighted by Crippen LogP contribution is -2.32. The highest BCUT2D eigenvalue weighted by Gasteiger charge is 2.41. The number of fused-ring (bicyclic) bond motifs is 1. The van der Waals surface area contributed by atoms with Crippen LogP contribution in [0.4, 0.5) is 17.6 Å². The number of pyridine rings is 1. The van der Waals surface area contributed by atoms with E-state index < -0.39 is 18.9 Å². The fourth-order valence-corrected chi connectivity index (χ4v) is 2.04. The Hall–Kier alpha value is -0.960. The number of alkyl halides is 4. The predicted molar refractivity (Wildman–Crippen MR) is 63.6 cm³/mol. The minimum Gasteiger partial charge on any atom is -0.329 e. The molecule has 3 nitrogen and oxygen atoms in total. The Morgan fingerprint density at radius 1 is 1.50 bits per heavy atom. The van der Waals surface area contributed by atoms with Crippen molar-refractivity contribution in [2.24, 2.45) is 0 Å². The van der Waals surface area contributed by atoms with E-state index in [2.05, 4.69) is 25.9 Å². The number of imidazole rings is 1. The Bertz CT molecular complexity index is 636. The van der Waals surface area contributed by atoms with Crippen LogP contribution in [0.25, 0.3) is 11.2 Å². The summed E-state index contributed by atoms with van der Waals surface area (Å²) in [5.74, 6) is -4.15. The highest BCUT2D eigenvalue weighted by molar-refractivity contribution is 9.10. The molecule has 2 rings (SSSR count). The first kappa shape index (κ1) is 13.5. The molecule has 0 bridgehead atoms. The molecule has 2 aromatic rings. The second-order valence-corrected chi connectivity index (χ2v) is 4.91. The molecule has 0 saturated heterocycles. The normalized spacial score (nSPS) is 12.6. The van der Waals surface area contributed by atoms with E-state index in [1.807, 2.05) is 0 Å². The SMILES string of the molecule is FC(F)C(F)(F)Cn1c(=S)[nH]c2cc(Br)cnc21. The van der Waals surface area contributed by atoms with Gasteiger partial charge in [-0.25, -0.2) is 13.8 Å². The van der Waals surface area contributed by atoms with Gasteiger partial charge in [0, 0.05) is 10.7 Å². The predicted octanol–water partition coefficient (Wildman–Crippen LogP) is 3.76. The summed E-state index contributed by atoms with van der Waals surface area (Å²) < 4.78 is 51.8. The van der Waals surface area contributed by atoms with E-state index in [0.717, 1.165) is 4.57 Å². The molecule has 0 aliphatic rings. The molecule has 98 valence electrons. The van der Waals surface area contributed by atoms with Gasteiger partial charge in [-0.1, -0.05) is 0 Å². The Kier molecular flexibility index (Phi) is 3.45. The van der Waals surface area contributed by atoms with Crippen LogP contribution < -0.4 is 0 Å². The number of nitrogens with zero attached hydrogens (tertiary/aromatic N) is 2. The third-order valence-electron chi connectivity index (χ3n) is 2.26. The summed E-state index contributed by atoms with van der Waals surface area (Å²) in [5, 5.41) is 0. The fourth-order valence-electron chi connectivity index (χ4n) is 1.44. The molecule has 2 heterocycles. The van der Waals surface area contributed by atoms with Crippen LogP contribution in [-0.4, -0.2) is 26.9 Å². The molecule has 0 aliphatic carbocycles. The van der Waals surface area contributed by atoms with Crippen LogP contribution in [0.2, 0.25) is 0 Å². The summed E-state index contributed by atoms with van der Waals surface area (Å²) in [6.07, 6.45) is -2.37. The number of rotatable bonds is 3. The number of nitrogens with one attached hydrogen (secondary N) is 1. The zero-order chi connectivity index (χ0) is 13.5. The zero-order valence-corrected chi connectivity index (χ0v) is 11.0. The van der Waals surface area contributed by atoms with Gasteiger partial charge in [0.25, 0.3) is 0 Å². The average molecular weight is 344 g/mol. The molecule has 0 saturated carbocycles. The van der Waals surface area contributed by atoms with Crippen molar-refractivity contribution in [3.05, 3.63) is 21.5 Å². The molecule has 0 unspecified atom stereocenters. The van der Waals surface area contributed by atoms with Crippen LogP contribution in [0.15, 0.2) is 16.7 Å². The van der Waals surface area contributed by atoms with Crippen molar-refractivity contribution in [2.75, 3.05) is 0 Å². The summed E-state index contributed by atoms with van der Waals surface area (Å²) in [6.45, 7) is -1.21. The van der Waals surface area contributed by atoms with Crippen molar-refractivity contribution in [3.63, 3.8) is 0 Å². The lowest BCUT2D eigenvalue weighted by Gasteiger charge is -2.15. The second kappa shape index (κ2) is 4.61. The van der Waals surface area contributed by atoms with E-state index in [4.69, 9.17) is 12.2 Å². The molecule has 2 aromatic heterocycles. The molecular formula is C9H6BrF4N3S. The summed E-state index contributed by atoms with van der Waals surface area (Å²) in [5.41, 5.74) is 0.517. The van der Waals surface area contributed by atoms with Gasteiger partial charge >= 0.3 is 12.3 Å². The van der Waals surface area contributed by atoms with Crippen molar-refractivity contribution in [3.8, 4) is 0 Å². The molecule has 18 heavy (non-hydrogen) atoms. The van der Waals surface area contributed by atoms with Crippen molar-refractivity contribution >= 4 is 39.3 Å². The van der Waals surface area contributed by atoms with Gasteiger partial charge in [-0.15, -0.1) is 0 Å². The molecule has 0 fully saturated rings. The Balaban J connectivity index is 2.52. The third kappa shape index (κ3) is 2.41. The van der Waals surface area contributed by atoms with Gasteiger partial charge in [0.2, 0.25) is 0 Å². The molecule has 0 aromatic carbocycles. The topological polar surface area (TPSA) is 33.6 Å². The number of hydrogen-bond acceptors (Lipinski definition) is 2. The van der Waals surface area contributed by atoms with Crippen molar-refractivity contribution in [1.82, 2.24) is 14.5 Å². The van der Waals surface area contributed by atoms with Gasteiger partial charge < -0.3 is 4.98 Å². The van der Waals surface area contributed by atoms with Crippen LogP contribution in [-0.2, 0) is 6.54 Å². The second-order valence-electron chi connectivity index (χ2n) is 3.60. The highest BCUT2D eigenvalue weighted by atomic mass is 79.9. The molecule has 0 amide bonds. The minimum atomic E-state index is -4.15. The van der Waals surface area contributed by atoms with Crippen molar-refractivity contribution < 1.29 is 17.6 Å². The summed E-state index contributed by atoms with van der Waals surface area (Å²) in [4.78, 5) is 6.52. The zero-order valence-electron chi connectivity index (χ0n) is 8.63. The van der Waals surface area contributed by atoms with Crippen molar-refractivity contribution in [1.29, 1.82) is 0 Å². The molecule has 0 atom stereocenters. The smallest absolute Gasteiger partial charge is 0.325 e. The molecule has 9 heteroatoms. The van der Waals surface area contributed by atoms with Gasteiger partial charge in [-0.2, -0.15) is 8.78 Å². The summed E-state index contributed by atoms with van der Waals surface area (Å²) >= 11 is 7.98. The Morgan fingerprint density at radius 3 is 2.78 bits per heavy atom. The Labute approximate surface area is 112 Å². The number of hydrogen-bond donors (Lipinski definition) is 1. The maximum atomic E-state index is 13.0. The van der Waals surface area contributed by atoms with Crippen LogP contribution in [0, 0.1) is 4.77 Å². The van der Waals surface area contributed by atoms with Gasteiger partial charge in [-0.3, -0.25) is 4.57 Å². The lowest BCUT2D eigenvalue weighted by atomic mass is 10.3. The van der Waals surface area contributed by atoms with E-state index in [1.165, 1.54) is 6.20 Å². The van der Waals surface area contributed by atoms with Gasteiger partial charge in [-0.05, 0) is 34.2 Å². The van der Waals surface area contributed by atoms with Gasteiger partial charge in [0.15, 0.2) is 10.4 Å². The number of halogens is 5. The molecular weight excluding hydrogens is 338 g/mol. The highest BCUT2D eigenvalue weighted by Crippen LogP contribution is 2.27. The molecule has 0 spiro atoms. The summed E-state index contributed by atoms with van der Waals surface area (Å²) in [7, 11) is 0. The van der Waals surface area contributed by atoms with E-state index in [1.54, 1.807) is 6.07 Å². The first-order valence-corrected chi connectivity index (χ1v) is 5.91. The third-order valence-corrected chi connectivity index (χ3v) is 3.02. The number of aromatic nitrogens is 3. The largest absolute Gasteiger partial charge is 0.329 e. The Morgan fingerprint density at radius 2 is 2.17 bits per heavy atom. The van der Waals surface area contributed by atoms with Crippen LogP contribution in [0.5, 0.6) is 0 Å². The first-order valence-electron chi connectivity index (χ1n) is 4.71. The van der Waals surface area contributed by atoms with Crippen molar-refractivity contribution in [2.45, 2.75) is 18.9 Å². The van der Waals surface area contributed by atoms with E-state index in [-0.39, 0.29) is 10.4 Å².